The van der Waals surface area contributed by atoms with Crippen molar-refractivity contribution in [2.75, 3.05) is 13.2 Å². The lowest BCUT2D eigenvalue weighted by Gasteiger charge is -2.32. The normalized spacial score (nSPS) is 16.4. The van der Waals surface area contributed by atoms with Crippen molar-refractivity contribution in [1.29, 1.82) is 0 Å². The number of hydrogen-bond acceptors (Lipinski definition) is 9. The Hall–Kier alpha value is -5.03. The quantitative estimate of drug-likeness (QED) is 0.0552. The van der Waals surface area contributed by atoms with Gasteiger partial charge in [0.25, 0.3) is 5.56 Å². The maximum absolute atomic E-state index is 13.7. The summed E-state index contributed by atoms with van der Waals surface area (Å²) >= 11 is 0. The van der Waals surface area contributed by atoms with E-state index >= 15 is 0 Å². The molecule has 4 aromatic rings. The molecule has 6 rings (SSSR count). The molecular formula is C39H39N3O7. The molecule has 10 nitrogen and oxygen atoms in total. The number of aliphatic hydroxyl groups excluding tert-OH is 1. The van der Waals surface area contributed by atoms with Crippen LogP contribution in [0.15, 0.2) is 72.1 Å². The van der Waals surface area contributed by atoms with Crippen LogP contribution in [0.1, 0.15) is 66.0 Å². The predicted octanol–water partition coefficient (Wildman–Crippen LogP) is 4.32. The van der Waals surface area contributed by atoms with Gasteiger partial charge in [-0.15, -0.1) is 6.58 Å². The van der Waals surface area contributed by atoms with Crippen LogP contribution >= 0.6 is 0 Å². The zero-order valence-electron chi connectivity index (χ0n) is 27.5. The fourth-order valence-electron chi connectivity index (χ4n) is 6.73. The van der Waals surface area contributed by atoms with Crippen LogP contribution in [-0.4, -0.2) is 50.5 Å². The number of benzene rings is 2. The lowest BCUT2D eigenvalue weighted by Crippen LogP contribution is -2.43. The molecule has 1 atom stereocenters. The van der Waals surface area contributed by atoms with E-state index < -0.39 is 12.2 Å². The maximum atomic E-state index is 13.7. The van der Waals surface area contributed by atoms with Gasteiger partial charge in [0.15, 0.2) is 11.6 Å². The summed E-state index contributed by atoms with van der Waals surface area (Å²) in [5.74, 6) is -0.563. The lowest BCUT2D eigenvalue weighted by molar-refractivity contribution is -0.140. The summed E-state index contributed by atoms with van der Waals surface area (Å²) in [6, 6.07) is 14.8. The van der Waals surface area contributed by atoms with Crippen molar-refractivity contribution >= 4 is 34.5 Å². The number of hydrogen-bond donors (Lipinski definition) is 3. The van der Waals surface area contributed by atoms with Gasteiger partial charge in [0.2, 0.25) is 0 Å². The molecule has 3 N–H and O–H groups in total. The van der Waals surface area contributed by atoms with Crippen LogP contribution in [0.25, 0.3) is 28.4 Å². The van der Waals surface area contributed by atoms with Crippen LogP contribution in [0.5, 0.6) is 5.75 Å². The van der Waals surface area contributed by atoms with Gasteiger partial charge in [-0.3, -0.25) is 19.2 Å². The number of ketones is 2. The Balaban J connectivity index is 1.13. The SMILES string of the molecule is C=CCc1c2c(nc3ccc(OC(=O)CCCNCc4ccc(/C=C/C(=O)CO)cc4)cc13)-c1cc3c(c(=O)n1C2)CCC(=O)[C@]3(O)CC. The number of carbonyl (C=O) groups excluding carboxylic acids is 3. The highest BCUT2D eigenvalue weighted by Crippen LogP contribution is 2.41. The summed E-state index contributed by atoms with van der Waals surface area (Å²) in [6.07, 6.45) is 6.74. The van der Waals surface area contributed by atoms with E-state index in [1.807, 2.05) is 24.3 Å². The number of Topliss-reactive ketones (excluding diaryl/α,β-unsaturated/α-hetero) is 1. The molecule has 10 heteroatoms. The first kappa shape index (κ1) is 33.9. The van der Waals surface area contributed by atoms with Gasteiger partial charge in [0.05, 0.1) is 23.4 Å². The number of nitrogens with one attached hydrogen (secondary N) is 1. The van der Waals surface area contributed by atoms with Gasteiger partial charge in [-0.25, -0.2) is 4.98 Å². The second kappa shape index (κ2) is 14.2. The Labute approximate surface area is 283 Å². The van der Waals surface area contributed by atoms with Crippen molar-refractivity contribution in [2.24, 2.45) is 0 Å². The van der Waals surface area contributed by atoms with E-state index in [0.29, 0.717) is 72.7 Å². The minimum atomic E-state index is -1.68. The summed E-state index contributed by atoms with van der Waals surface area (Å²) in [7, 11) is 0. The minimum Gasteiger partial charge on any atom is -0.427 e. The molecule has 3 heterocycles. The third-order valence-electron chi connectivity index (χ3n) is 9.40. The molecule has 0 saturated heterocycles. The smallest absolute Gasteiger partial charge is 0.311 e. The first-order chi connectivity index (χ1) is 23.7. The van der Waals surface area contributed by atoms with E-state index in [2.05, 4.69) is 11.9 Å². The molecule has 0 amide bonds. The van der Waals surface area contributed by atoms with E-state index in [1.54, 1.807) is 47.9 Å². The molecular weight excluding hydrogens is 622 g/mol. The number of rotatable bonds is 13. The third-order valence-corrected chi connectivity index (χ3v) is 9.40. The molecule has 0 spiro atoms. The fraction of sp³-hybridized carbons (Fsp3) is 0.308. The summed E-state index contributed by atoms with van der Waals surface area (Å²) in [5.41, 5.74) is 4.60. The molecule has 2 aliphatic rings. The number of allylic oxidation sites excluding steroid dienone is 1. The van der Waals surface area contributed by atoms with Crippen molar-refractivity contribution in [3.8, 4) is 17.1 Å². The van der Waals surface area contributed by atoms with Gasteiger partial charge in [-0.2, -0.15) is 0 Å². The third kappa shape index (κ3) is 6.67. The number of fused-ring (bicyclic) bond motifs is 5. The van der Waals surface area contributed by atoms with Crippen LogP contribution in [0.4, 0.5) is 0 Å². The second-order valence-electron chi connectivity index (χ2n) is 12.5. The van der Waals surface area contributed by atoms with Crippen LogP contribution in [0.3, 0.4) is 0 Å². The fourth-order valence-corrected chi connectivity index (χ4v) is 6.73. The minimum absolute atomic E-state index is 0.132. The van der Waals surface area contributed by atoms with Crippen molar-refractivity contribution in [2.45, 2.75) is 64.1 Å². The van der Waals surface area contributed by atoms with Gasteiger partial charge < -0.3 is 24.8 Å². The Morgan fingerprint density at radius 2 is 1.90 bits per heavy atom. The van der Waals surface area contributed by atoms with E-state index in [-0.39, 0.29) is 42.4 Å². The Bertz CT molecular complexity index is 2060. The molecule has 49 heavy (non-hydrogen) atoms. The average Bonchev–Trinajstić information content (AvgIpc) is 3.48. The molecule has 1 aliphatic heterocycles. The number of nitrogens with zero attached hydrogens (tertiary/aromatic N) is 2. The highest BCUT2D eigenvalue weighted by Gasteiger charge is 2.43. The molecule has 0 radical (unpaired) electrons. The Morgan fingerprint density at radius 1 is 1.10 bits per heavy atom. The maximum Gasteiger partial charge on any atom is 0.311 e. The van der Waals surface area contributed by atoms with Gasteiger partial charge in [0, 0.05) is 41.5 Å². The molecule has 0 fully saturated rings. The average molecular weight is 662 g/mol. The molecule has 0 bridgehead atoms. The summed E-state index contributed by atoms with van der Waals surface area (Å²) in [4.78, 5) is 55.3. The van der Waals surface area contributed by atoms with Crippen LogP contribution in [0.2, 0.25) is 0 Å². The molecule has 2 aromatic carbocycles. The topological polar surface area (TPSA) is 148 Å². The second-order valence-corrected chi connectivity index (χ2v) is 12.5. The number of pyridine rings is 2. The van der Waals surface area contributed by atoms with Gasteiger partial charge >= 0.3 is 5.97 Å². The molecule has 1 aliphatic carbocycles. The number of aliphatic hydroxyl groups is 2. The van der Waals surface area contributed by atoms with Crippen molar-refractivity contribution in [3.05, 3.63) is 111 Å². The summed E-state index contributed by atoms with van der Waals surface area (Å²) in [5, 5.41) is 24.2. The Kier molecular flexibility index (Phi) is 9.82. The van der Waals surface area contributed by atoms with Gasteiger partial charge in [-0.05, 0) is 79.3 Å². The van der Waals surface area contributed by atoms with Crippen LogP contribution in [0, 0.1) is 0 Å². The van der Waals surface area contributed by atoms with Crippen molar-refractivity contribution in [3.63, 3.8) is 0 Å². The lowest BCUT2D eigenvalue weighted by atomic mass is 9.77. The zero-order valence-corrected chi connectivity index (χ0v) is 27.5. The van der Waals surface area contributed by atoms with Crippen molar-refractivity contribution < 1.29 is 29.3 Å². The number of ether oxygens (including phenoxy) is 1. The standard InChI is InChI=1S/C39H39N3O7/c1-3-6-28-30-19-27(49-36(46)7-5-18-40-21-25-10-8-24(9-11-25)12-13-26(44)23-43)14-16-33(30)41-37-31(28)22-42-34(37)20-32-29(38(42)47)15-17-35(45)39(32,48)4-2/h3,8-14,16,19-20,40,43,48H,1,4-7,15,17-18,21-23H2,2H3/b13-12+/t39-/m0/s1. The van der Waals surface area contributed by atoms with E-state index in [9.17, 15) is 24.3 Å². The van der Waals surface area contributed by atoms with Crippen LogP contribution in [-0.2, 0) is 45.9 Å². The van der Waals surface area contributed by atoms with E-state index in [1.165, 1.54) is 6.08 Å². The first-order valence-corrected chi connectivity index (χ1v) is 16.6. The Morgan fingerprint density at radius 3 is 2.63 bits per heavy atom. The van der Waals surface area contributed by atoms with Gasteiger partial charge in [-0.1, -0.05) is 43.3 Å². The molecule has 0 unspecified atom stereocenters. The van der Waals surface area contributed by atoms with Crippen molar-refractivity contribution in [1.82, 2.24) is 14.9 Å². The zero-order chi connectivity index (χ0) is 34.7. The van der Waals surface area contributed by atoms with E-state index in [0.717, 1.165) is 27.6 Å². The number of esters is 1. The van der Waals surface area contributed by atoms with Gasteiger partial charge in [0.1, 0.15) is 18.0 Å². The highest BCUT2D eigenvalue weighted by atomic mass is 16.5. The number of aromatic nitrogens is 2. The summed E-state index contributed by atoms with van der Waals surface area (Å²) in [6.45, 7) is 6.73. The summed E-state index contributed by atoms with van der Waals surface area (Å²) < 4.78 is 7.39. The molecule has 0 saturated carbocycles. The highest BCUT2D eigenvalue weighted by molar-refractivity contribution is 5.94. The molecule has 2 aromatic heterocycles. The monoisotopic (exact) mass is 661 g/mol. The van der Waals surface area contributed by atoms with Crippen LogP contribution < -0.4 is 15.6 Å². The first-order valence-electron chi connectivity index (χ1n) is 16.6. The predicted molar refractivity (Wildman–Crippen MR) is 186 cm³/mol. The largest absolute Gasteiger partial charge is 0.427 e. The molecule has 252 valence electrons. The van der Waals surface area contributed by atoms with E-state index in [4.69, 9.17) is 14.8 Å². The number of carbonyl (C=O) groups is 3.